The molecule has 0 bridgehead atoms. The van der Waals surface area contributed by atoms with Gasteiger partial charge >= 0.3 is 0 Å². The Labute approximate surface area is 190 Å². The van der Waals surface area contributed by atoms with E-state index in [9.17, 15) is 4.79 Å². The Morgan fingerprint density at radius 1 is 1.00 bits per heavy atom. The third-order valence-electron chi connectivity index (χ3n) is 7.05. The summed E-state index contributed by atoms with van der Waals surface area (Å²) in [6, 6.07) is 11.1. The molecule has 0 saturated carbocycles. The summed E-state index contributed by atoms with van der Waals surface area (Å²) in [6.45, 7) is 6.91. The van der Waals surface area contributed by atoms with Crippen LogP contribution in [0.5, 0.6) is 0 Å². The van der Waals surface area contributed by atoms with Crippen LogP contribution >= 0.6 is 0 Å². The van der Waals surface area contributed by atoms with Crippen LogP contribution in [0.1, 0.15) is 46.6 Å². The van der Waals surface area contributed by atoms with E-state index in [2.05, 4.69) is 39.9 Å². The molecule has 3 aliphatic rings. The molecule has 2 aromatic rings. The molecule has 0 spiro atoms. The largest absolute Gasteiger partial charge is 0.381 e. The molecule has 1 aromatic carbocycles. The lowest BCUT2D eigenvalue weighted by Crippen LogP contribution is -2.44. The molecular weight excluding hydrogens is 404 g/mol. The minimum Gasteiger partial charge on any atom is -0.381 e. The van der Waals surface area contributed by atoms with Crippen molar-refractivity contribution in [3.8, 4) is 0 Å². The van der Waals surface area contributed by atoms with Crippen LogP contribution in [0.25, 0.3) is 0 Å². The molecular formula is C25H34N4O3. The van der Waals surface area contributed by atoms with Crippen molar-refractivity contribution in [1.29, 1.82) is 0 Å². The van der Waals surface area contributed by atoms with Crippen LogP contribution in [0.2, 0.25) is 0 Å². The average Bonchev–Trinajstić information content (AvgIpc) is 3.23. The second-order valence-corrected chi connectivity index (χ2v) is 9.05. The van der Waals surface area contributed by atoms with Gasteiger partial charge in [0.05, 0.1) is 13.2 Å². The normalized spacial score (nSPS) is 20.3. The second-order valence-electron chi connectivity index (χ2n) is 9.05. The SMILES string of the molecule is O=C(c1nn(CCCc2ccccc2)c2c1CN(C1CCOCC1)CC2)N1CCOCC1. The van der Waals surface area contributed by atoms with Crippen LogP contribution in [0.3, 0.4) is 0 Å². The zero-order valence-electron chi connectivity index (χ0n) is 18.9. The number of nitrogens with zero attached hydrogens (tertiary/aromatic N) is 4. The minimum atomic E-state index is 0.0696. The standard InChI is InChI=1S/C25H34N4O3/c30-25(27-13-17-32-18-14-27)24-22-19-28(21-9-15-31-16-10-21)12-8-23(22)29(26-24)11-4-7-20-5-2-1-3-6-20/h1-3,5-6,21H,4,7-19H2. The maximum Gasteiger partial charge on any atom is 0.274 e. The number of aromatic nitrogens is 2. The Balaban J connectivity index is 1.35. The van der Waals surface area contributed by atoms with Crippen molar-refractivity contribution in [3.05, 3.63) is 52.8 Å². The van der Waals surface area contributed by atoms with Crippen LogP contribution < -0.4 is 0 Å². The van der Waals surface area contributed by atoms with E-state index >= 15 is 0 Å². The number of carbonyl (C=O) groups excluding carboxylic acids is 1. The fraction of sp³-hybridized carbons (Fsp3) is 0.600. The molecule has 4 heterocycles. The summed E-state index contributed by atoms with van der Waals surface area (Å²) in [5.74, 6) is 0.0696. The number of morpholine rings is 1. The van der Waals surface area contributed by atoms with Crippen molar-refractivity contribution in [2.24, 2.45) is 0 Å². The van der Waals surface area contributed by atoms with Crippen molar-refractivity contribution in [2.75, 3.05) is 46.1 Å². The fourth-order valence-electron chi connectivity index (χ4n) is 5.22. The van der Waals surface area contributed by atoms with Gasteiger partial charge in [-0.05, 0) is 31.2 Å². The van der Waals surface area contributed by atoms with Crippen molar-refractivity contribution < 1.29 is 14.3 Å². The molecule has 32 heavy (non-hydrogen) atoms. The van der Waals surface area contributed by atoms with E-state index < -0.39 is 0 Å². The molecule has 3 aliphatic heterocycles. The number of hydrogen-bond acceptors (Lipinski definition) is 5. The molecule has 172 valence electrons. The van der Waals surface area contributed by atoms with Gasteiger partial charge in [-0.15, -0.1) is 0 Å². The van der Waals surface area contributed by atoms with Gasteiger partial charge in [-0.2, -0.15) is 5.10 Å². The fourth-order valence-corrected chi connectivity index (χ4v) is 5.22. The molecule has 0 radical (unpaired) electrons. The van der Waals surface area contributed by atoms with Gasteiger partial charge in [-0.1, -0.05) is 30.3 Å². The first-order valence-electron chi connectivity index (χ1n) is 12.1. The molecule has 0 N–H and O–H groups in total. The first kappa shape index (κ1) is 21.6. The van der Waals surface area contributed by atoms with Gasteiger partial charge in [0.15, 0.2) is 5.69 Å². The zero-order chi connectivity index (χ0) is 21.8. The van der Waals surface area contributed by atoms with Crippen LogP contribution in [0.4, 0.5) is 0 Å². The number of fused-ring (bicyclic) bond motifs is 1. The molecule has 0 aliphatic carbocycles. The van der Waals surface area contributed by atoms with Gasteiger partial charge in [0.2, 0.25) is 0 Å². The van der Waals surface area contributed by atoms with Gasteiger partial charge in [0.25, 0.3) is 5.91 Å². The Morgan fingerprint density at radius 3 is 2.53 bits per heavy atom. The topological polar surface area (TPSA) is 59.8 Å². The Hall–Kier alpha value is -2.22. The summed E-state index contributed by atoms with van der Waals surface area (Å²) in [6.07, 6.45) is 5.16. The Kier molecular flexibility index (Phi) is 6.86. The number of hydrogen-bond donors (Lipinski definition) is 0. The van der Waals surface area contributed by atoms with Gasteiger partial charge in [-0.25, -0.2) is 0 Å². The molecule has 1 aromatic heterocycles. The third kappa shape index (κ3) is 4.75. The molecule has 7 nitrogen and oxygen atoms in total. The predicted molar refractivity (Wildman–Crippen MR) is 122 cm³/mol. The van der Waals surface area contributed by atoms with Gasteiger partial charge in [-0.3, -0.25) is 14.4 Å². The van der Waals surface area contributed by atoms with Crippen molar-refractivity contribution in [2.45, 2.75) is 51.2 Å². The highest BCUT2D eigenvalue weighted by Crippen LogP contribution is 2.28. The first-order valence-corrected chi connectivity index (χ1v) is 12.1. The molecule has 0 atom stereocenters. The number of benzene rings is 1. The monoisotopic (exact) mass is 438 g/mol. The van der Waals surface area contributed by atoms with E-state index in [4.69, 9.17) is 14.6 Å². The summed E-state index contributed by atoms with van der Waals surface area (Å²) in [5.41, 5.74) is 4.43. The highest BCUT2D eigenvalue weighted by atomic mass is 16.5. The van der Waals surface area contributed by atoms with E-state index in [1.54, 1.807) is 0 Å². The number of aryl methyl sites for hydroxylation is 2. The predicted octanol–water partition coefficient (Wildman–Crippen LogP) is 2.53. The zero-order valence-corrected chi connectivity index (χ0v) is 18.9. The number of carbonyl (C=O) groups is 1. The number of rotatable bonds is 6. The maximum absolute atomic E-state index is 13.4. The smallest absolute Gasteiger partial charge is 0.274 e. The first-order chi connectivity index (χ1) is 15.8. The van der Waals surface area contributed by atoms with E-state index in [-0.39, 0.29) is 5.91 Å². The second kappa shape index (κ2) is 10.1. The molecule has 0 unspecified atom stereocenters. The van der Waals surface area contributed by atoms with Gasteiger partial charge in [0, 0.05) is 69.7 Å². The third-order valence-corrected chi connectivity index (χ3v) is 7.05. The van der Waals surface area contributed by atoms with E-state index in [0.29, 0.717) is 38.0 Å². The average molecular weight is 439 g/mol. The van der Waals surface area contributed by atoms with E-state index in [0.717, 1.165) is 70.5 Å². The van der Waals surface area contributed by atoms with Gasteiger partial charge in [0.1, 0.15) is 0 Å². The molecule has 5 rings (SSSR count). The lowest BCUT2D eigenvalue weighted by atomic mass is 9.99. The lowest BCUT2D eigenvalue weighted by Gasteiger charge is -2.37. The Morgan fingerprint density at radius 2 is 1.75 bits per heavy atom. The van der Waals surface area contributed by atoms with Crippen molar-refractivity contribution in [3.63, 3.8) is 0 Å². The molecule has 1 amide bonds. The summed E-state index contributed by atoms with van der Waals surface area (Å²) < 4.78 is 13.2. The van der Waals surface area contributed by atoms with Gasteiger partial charge < -0.3 is 14.4 Å². The molecule has 7 heteroatoms. The minimum absolute atomic E-state index is 0.0696. The quantitative estimate of drug-likeness (QED) is 0.694. The van der Waals surface area contributed by atoms with Crippen molar-refractivity contribution >= 4 is 5.91 Å². The number of ether oxygens (including phenoxy) is 2. The maximum atomic E-state index is 13.4. The Bertz CT molecular complexity index is 901. The van der Waals surface area contributed by atoms with Crippen LogP contribution in [0.15, 0.2) is 30.3 Å². The lowest BCUT2D eigenvalue weighted by molar-refractivity contribution is 0.0267. The van der Waals surface area contributed by atoms with Crippen LogP contribution in [0, 0.1) is 0 Å². The molecule has 2 fully saturated rings. The summed E-state index contributed by atoms with van der Waals surface area (Å²) in [5, 5.41) is 4.91. The van der Waals surface area contributed by atoms with Crippen molar-refractivity contribution in [1.82, 2.24) is 19.6 Å². The summed E-state index contributed by atoms with van der Waals surface area (Å²) >= 11 is 0. The van der Waals surface area contributed by atoms with Crippen LogP contribution in [-0.4, -0.2) is 77.6 Å². The number of amides is 1. The highest BCUT2D eigenvalue weighted by molar-refractivity contribution is 5.94. The molecule has 2 saturated heterocycles. The van der Waals surface area contributed by atoms with E-state index in [1.165, 1.54) is 11.3 Å². The van der Waals surface area contributed by atoms with Crippen LogP contribution in [-0.2, 0) is 35.4 Å². The highest BCUT2D eigenvalue weighted by Gasteiger charge is 2.33. The summed E-state index contributed by atoms with van der Waals surface area (Å²) in [7, 11) is 0. The van der Waals surface area contributed by atoms with E-state index in [1.807, 2.05) is 4.90 Å². The summed E-state index contributed by atoms with van der Waals surface area (Å²) in [4.78, 5) is 17.9.